The Balaban J connectivity index is 1.37. The van der Waals surface area contributed by atoms with Crippen molar-refractivity contribution in [1.82, 2.24) is 20.0 Å². The molecule has 0 unspecified atom stereocenters. The molecule has 1 aliphatic rings. The Morgan fingerprint density at radius 1 is 0.943 bits per heavy atom. The predicted octanol–water partition coefficient (Wildman–Crippen LogP) is 4.31. The summed E-state index contributed by atoms with van der Waals surface area (Å²) in [6, 6.07) is 18.9. The van der Waals surface area contributed by atoms with E-state index in [2.05, 4.69) is 15.1 Å². The summed E-state index contributed by atoms with van der Waals surface area (Å²) >= 11 is 6.28. The van der Waals surface area contributed by atoms with Gasteiger partial charge in [-0.05, 0) is 50.1 Å². The molecule has 1 saturated heterocycles. The maximum absolute atomic E-state index is 13.1. The highest BCUT2D eigenvalue weighted by Gasteiger charge is 2.24. The molecule has 182 valence electrons. The predicted molar refractivity (Wildman–Crippen MR) is 139 cm³/mol. The van der Waals surface area contributed by atoms with E-state index in [9.17, 15) is 9.59 Å². The lowest BCUT2D eigenvalue weighted by Crippen LogP contribution is -2.44. The number of rotatable bonds is 6. The van der Waals surface area contributed by atoms with E-state index in [1.807, 2.05) is 79.4 Å². The molecule has 0 bridgehead atoms. The highest BCUT2D eigenvalue weighted by molar-refractivity contribution is 6.33. The van der Waals surface area contributed by atoms with Crippen LogP contribution >= 0.6 is 11.6 Å². The molecule has 0 radical (unpaired) electrons. The summed E-state index contributed by atoms with van der Waals surface area (Å²) < 4.78 is 0. The number of nitrogens with zero attached hydrogens (tertiary/aromatic N) is 5. The van der Waals surface area contributed by atoms with E-state index in [0.29, 0.717) is 36.8 Å². The maximum Gasteiger partial charge on any atom is 0.254 e. The van der Waals surface area contributed by atoms with Crippen molar-refractivity contribution >= 4 is 29.2 Å². The van der Waals surface area contributed by atoms with Crippen molar-refractivity contribution in [2.75, 3.05) is 44.2 Å². The third-order valence-corrected chi connectivity index (χ3v) is 6.67. The SMILES string of the molecule is CCN(CC(=O)N1CCCN(c2ccc(-c3ccccc3Cl)nn2)CC1)C(=O)c1ccccc1C. The van der Waals surface area contributed by atoms with Gasteiger partial charge < -0.3 is 14.7 Å². The first kappa shape index (κ1) is 24.7. The minimum absolute atomic E-state index is 0.0317. The Bertz CT molecular complexity index is 1180. The van der Waals surface area contributed by atoms with Crippen LogP contribution < -0.4 is 4.90 Å². The van der Waals surface area contributed by atoms with E-state index in [1.165, 1.54) is 0 Å². The molecule has 3 aromatic rings. The zero-order valence-corrected chi connectivity index (χ0v) is 20.9. The molecule has 35 heavy (non-hydrogen) atoms. The van der Waals surface area contributed by atoms with Crippen LogP contribution in [0.1, 0.15) is 29.3 Å². The summed E-state index contributed by atoms with van der Waals surface area (Å²) in [5.74, 6) is 0.639. The second-order valence-corrected chi connectivity index (χ2v) is 9.02. The van der Waals surface area contributed by atoms with Gasteiger partial charge in [-0.25, -0.2) is 0 Å². The number of aromatic nitrogens is 2. The van der Waals surface area contributed by atoms with Crippen LogP contribution in [0, 0.1) is 6.92 Å². The fourth-order valence-corrected chi connectivity index (χ4v) is 4.51. The number of amides is 2. The number of hydrogen-bond donors (Lipinski definition) is 0. The Labute approximate surface area is 211 Å². The van der Waals surface area contributed by atoms with Crippen molar-refractivity contribution in [2.24, 2.45) is 0 Å². The summed E-state index contributed by atoms with van der Waals surface area (Å²) in [5.41, 5.74) is 3.13. The molecule has 0 aliphatic carbocycles. The number of benzene rings is 2. The molecule has 4 rings (SSSR count). The second kappa shape index (κ2) is 11.3. The second-order valence-electron chi connectivity index (χ2n) is 8.61. The first-order valence-corrected chi connectivity index (χ1v) is 12.3. The van der Waals surface area contributed by atoms with Gasteiger partial charge in [0.25, 0.3) is 5.91 Å². The lowest BCUT2D eigenvalue weighted by Gasteiger charge is -2.26. The van der Waals surface area contributed by atoms with Crippen LogP contribution in [0.3, 0.4) is 0 Å². The monoisotopic (exact) mass is 491 g/mol. The highest BCUT2D eigenvalue weighted by atomic mass is 35.5. The Hall–Kier alpha value is -3.45. The minimum Gasteiger partial charge on any atom is -0.353 e. The van der Waals surface area contributed by atoms with Gasteiger partial charge in [0, 0.05) is 43.9 Å². The molecular weight excluding hydrogens is 462 g/mol. The molecule has 1 aliphatic heterocycles. The average Bonchev–Trinajstić information content (AvgIpc) is 3.14. The molecule has 0 spiro atoms. The normalized spacial score (nSPS) is 13.9. The van der Waals surface area contributed by atoms with Gasteiger partial charge in [0.2, 0.25) is 5.91 Å². The Morgan fingerprint density at radius 2 is 1.71 bits per heavy atom. The van der Waals surface area contributed by atoms with Crippen molar-refractivity contribution in [3.05, 3.63) is 76.8 Å². The van der Waals surface area contributed by atoms with Gasteiger partial charge in [-0.15, -0.1) is 10.2 Å². The van der Waals surface area contributed by atoms with E-state index < -0.39 is 0 Å². The molecule has 7 nitrogen and oxygen atoms in total. The summed E-state index contributed by atoms with van der Waals surface area (Å²) in [6.45, 7) is 7.03. The molecule has 8 heteroatoms. The van der Waals surface area contributed by atoms with E-state index in [4.69, 9.17) is 11.6 Å². The summed E-state index contributed by atoms with van der Waals surface area (Å²) in [4.78, 5) is 31.7. The molecule has 2 amide bonds. The lowest BCUT2D eigenvalue weighted by molar-refractivity contribution is -0.131. The van der Waals surface area contributed by atoms with Gasteiger partial charge in [-0.1, -0.05) is 48.0 Å². The van der Waals surface area contributed by atoms with Gasteiger partial charge in [0.15, 0.2) is 5.82 Å². The Morgan fingerprint density at radius 3 is 2.43 bits per heavy atom. The summed E-state index contributed by atoms with van der Waals surface area (Å²) in [7, 11) is 0. The standard InChI is InChI=1S/C27H30ClN5O2/c1-3-31(27(35)21-10-5-4-9-20(21)2)19-26(34)33-16-8-15-32(17-18-33)25-14-13-24(29-30-25)22-11-6-7-12-23(22)28/h4-7,9-14H,3,8,15-19H2,1-2H3. The summed E-state index contributed by atoms with van der Waals surface area (Å²) in [5, 5.41) is 9.43. The molecule has 0 saturated carbocycles. The van der Waals surface area contributed by atoms with E-state index in [-0.39, 0.29) is 18.4 Å². The number of hydrogen-bond acceptors (Lipinski definition) is 5. The fraction of sp³-hybridized carbons (Fsp3) is 0.333. The van der Waals surface area contributed by atoms with Crippen LogP contribution in [0.25, 0.3) is 11.3 Å². The zero-order valence-electron chi connectivity index (χ0n) is 20.2. The number of carbonyl (C=O) groups is 2. The first-order valence-electron chi connectivity index (χ1n) is 11.9. The lowest BCUT2D eigenvalue weighted by atomic mass is 10.1. The number of aryl methyl sites for hydroxylation is 1. The van der Waals surface area contributed by atoms with Crippen molar-refractivity contribution < 1.29 is 9.59 Å². The van der Waals surface area contributed by atoms with Gasteiger partial charge in [-0.3, -0.25) is 9.59 Å². The third-order valence-electron chi connectivity index (χ3n) is 6.34. The van der Waals surface area contributed by atoms with Crippen LogP contribution in [0.2, 0.25) is 5.02 Å². The van der Waals surface area contributed by atoms with Crippen LogP contribution in [0.5, 0.6) is 0 Å². The molecular formula is C27H30ClN5O2. The van der Waals surface area contributed by atoms with E-state index in [0.717, 1.165) is 35.6 Å². The number of carbonyl (C=O) groups excluding carboxylic acids is 2. The zero-order chi connectivity index (χ0) is 24.8. The molecule has 0 atom stereocenters. The van der Waals surface area contributed by atoms with Crippen LogP contribution in [-0.2, 0) is 4.79 Å². The quantitative estimate of drug-likeness (QED) is 0.514. The van der Waals surface area contributed by atoms with Crippen LogP contribution in [0.15, 0.2) is 60.7 Å². The topological polar surface area (TPSA) is 69.6 Å². The number of anilines is 1. The first-order chi connectivity index (χ1) is 17.0. The van der Waals surface area contributed by atoms with Gasteiger partial charge in [0.05, 0.1) is 10.7 Å². The number of halogens is 1. The molecule has 0 N–H and O–H groups in total. The largest absolute Gasteiger partial charge is 0.353 e. The van der Waals surface area contributed by atoms with Crippen LogP contribution in [0.4, 0.5) is 5.82 Å². The van der Waals surface area contributed by atoms with Gasteiger partial charge >= 0.3 is 0 Å². The average molecular weight is 492 g/mol. The van der Waals surface area contributed by atoms with Crippen molar-refractivity contribution in [3.8, 4) is 11.3 Å². The number of likely N-dealkylation sites (N-methyl/N-ethyl adjacent to an activating group) is 1. The summed E-state index contributed by atoms with van der Waals surface area (Å²) in [6.07, 6.45) is 0.817. The molecule has 2 heterocycles. The van der Waals surface area contributed by atoms with E-state index in [1.54, 1.807) is 4.90 Å². The highest BCUT2D eigenvalue weighted by Crippen LogP contribution is 2.26. The van der Waals surface area contributed by atoms with E-state index >= 15 is 0 Å². The third kappa shape index (κ3) is 5.80. The molecule has 1 aromatic heterocycles. The van der Waals surface area contributed by atoms with Crippen molar-refractivity contribution in [1.29, 1.82) is 0 Å². The fourth-order valence-electron chi connectivity index (χ4n) is 4.28. The van der Waals surface area contributed by atoms with Gasteiger partial charge in [0.1, 0.15) is 6.54 Å². The maximum atomic E-state index is 13.1. The minimum atomic E-state index is -0.107. The Kier molecular flexibility index (Phi) is 7.98. The van der Waals surface area contributed by atoms with Crippen molar-refractivity contribution in [2.45, 2.75) is 20.3 Å². The smallest absolute Gasteiger partial charge is 0.254 e. The molecule has 1 fully saturated rings. The van der Waals surface area contributed by atoms with Crippen LogP contribution in [-0.4, -0.2) is 71.1 Å². The molecule has 2 aromatic carbocycles. The van der Waals surface area contributed by atoms with Crippen molar-refractivity contribution in [3.63, 3.8) is 0 Å². The van der Waals surface area contributed by atoms with Gasteiger partial charge in [-0.2, -0.15) is 0 Å².